The van der Waals surface area contributed by atoms with Crippen LogP contribution in [-0.2, 0) is 11.3 Å². The van der Waals surface area contributed by atoms with Crippen LogP contribution in [0.4, 0.5) is 5.69 Å². The van der Waals surface area contributed by atoms with Gasteiger partial charge < -0.3 is 10.2 Å². The van der Waals surface area contributed by atoms with E-state index >= 15 is 0 Å². The molecule has 0 aliphatic carbocycles. The Morgan fingerprint density at radius 3 is 2.43 bits per heavy atom. The molecule has 128 valence electrons. The molecule has 1 N–H and O–H groups in total. The van der Waals surface area contributed by atoms with Crippen LogP contribution in [-0.4, -0.2) is 44.0 Å². The highest BCUT2D eigenvalue weighted by Gasteiger charge is 2.11. The highest BCUT2D eigenvalue weighted by Crippen LogP contribution is 2.20. The van der Waals surface area contributed by atoms with Crippen molar-refractivity contribution in [2.45, 2.75) is 39.7 Å². The Morgan fingerprint density at radius 1 is 1.17 bits per heavy atom. The minimum absolute atomic E-state index is 0.103. The number of piperidine rings is 1. The topological polar surface area (TPSA) is 35.6 Å². The van der Waals surface area contributed by atoms with Crippen LogP contribution in [0.5, 0.6) is 0 Å². The third-order valence-corrected chi connectivity index (χ3v) is 4.23. The van der Waals surface area contributed by atoms with E-state index in [0.717, 1.165) is 13.1 Å². The Bertz CT molecular complexity index is 478. The van der Waals surface area contributed by atoms with E-state index in [2.05, 4.69) is 53.2 Å². The molecule has 1 heterocycles. The molecule has 0 bridgehead atoms. The Morgan fingerprint density at radius 2 is 1.83 bits per heavy atom. The smallest absolute Gasteiger partial charge is 0.234 e. The largest absolute Gasteiger partial charge is 0.372 e. The molecule has 4 nitrogen and oxygen atoms in total. The van der Waals surface area contributed by atoms with Crippen molar-refractivity contribution in [2.24, 2.45) is 5.92 Å². The van der Waals surface area contributed by atoms with Gasteiger partial charge in [-0.25, -0.2) is 0 Å². The van der Waals surface area contributed by atoms with Crippen molar-refractivity contribution in [1.29, 1.82) is 0 Å². The van der Waals surface area contributed by atoms with Gasteiger partial charge in [-0.2, -0.15) is 0 Å². The highest BCUT2D eigenvalue weighted by molar-refractivity contribution is 5.77. The summed E-state index contributed by atoms with van der Waals surface area (Å²) in [5.74, 6) is 0.595. The van der Waals surface area contributed by atoms with E-state index in [1.807, 2.05) is 7.05 Å². The van der Waals surface area contributed by atoms with Crippen LogP contribution in [0.2, 0.25) is 0 Å². The molecule has 1 aliphatic rings. The van der Waals surface area contributed by atoms with Gasteiger partial charge in [-0.15, -0.1) is 0 Å². The lowest BCUT2D eigenvalue weighted by atomic mass is 10.1. The first-order valence-corrected chi connectivity index (χ1v) is 8.83. The van der Waals surface area contributed by atoms with Gasteiger partial charge in [0, 0.05) is 31.9 Å². The van der Waals surface area contributed by atoms with Gasteiger partial charge in [0.1, 0.15) is 0 Å². The molecule has 2 rings (SSSR count). The summed E-state index contributed by atoms with van der Waals surface area (Å²) < 4.78 is 0. The number of anilines is 1. The molecular weight excluding hydrogens is 286 g/mol. The molecule has 0 saturated carbocycles. The molecule has 1 amide bonds. The minimum atomic E-state index is 0.103. The molecule has 0 spiro atoms. The lowest BCUT2D eigenvalue weighted by Gasteiger charge is -2.29. The normalized spacial score (nSPS) is 15.3. The van der Waals surface area contributed by atoms with Crippen LogP contribution < -0.4 is 10.2 Å². The number of likely N-dealkylation sites (N-methyl/N-ethyl adjacent to an activating group) is 1. The fourth-order valence-corrected chi connectivity index (χ4v) is 2.95. The van der Waals surface area contributed by atoms with E-state index < -0.39 is 0 Å². The van der Waals surface area contributed by atoms with E-state index in [9.17, 15) is 4.79 Å². The molecule has 1 aromatic carbocycles. The second-order valence-corrected chi connectivity index (χ2v) is 7.08. The number of carbonyl (C=O) groups is 1. The zero-order chi connectivity index (χ0) is 16.7. The van der Waals surface area contributed by atoms with Gasteiger partial charge in [-0.1, -0.05) is 26.0 Å². The fraction of sp³-hybridized carbons (Fsp3) is 0.632. The molecule has 0 unspecified atom stereocenters. The average Bonchev–Trinajstić information content (AvgIpc) is 2.54. The zero-order valence-electron chi connectivity index (χ0n) is 14.8. The van der Waals surface area contributed by atoms with Crippen molar-refractivity contribution >= 4 is 11.6 Å². The highest BCUT2D eigenvalue weighted by atomic mass is 16.2. The number of nitrogens with zero attached hydrogens (tertiary/aromatic N) is 2. The Labute approximate surface area is 140 Å². The van der Waals surface area contributed by atoms with E-state index in [1.165, 1.54) is 43.6 Å². The Balaban J connectivity index is 1.79. The van der Waals surface area contributed by atoms with Gasteiger partial charge >= 0.3 is 0 Å². The van der Waals surface area contributed by atoms with Crippen molar-refractivity contribution in [3.8, 4) is 0 Å². The van der Waals surface area contributed by atoms with Gasteiger partial charge in [0.15, 0.2) is 0 Å². The van der Waals surface area contributed by atoms with E-state index in [0.29, 0.717) is 12.5 Å². The lowest BCUT2D eigenvalue weighted by Crippen LogP contribution is -2.36. The second-order valence-electron chi connectivity index (χ2n) is 7.08. The van der Waals surface area contributed by atoms with Gasteiger partial charge in [0.05, 0.1) is 6.54 Å². The summed E-state index contributed by atoms with van der Waals surface area (Å²) in [6.45, 7) is 8.56. The second kappa shape index (κ2) is 8.92. The molecule has 0 aromatic heterocycles. The van der Waals surface area contributed by atoms with Crippen LogP contribution in [0.15, 0.2) is 24.3 Å². The Kier molecular flexibility index (Phi) is 6.90. The standard InChI is InChI=1S/C19H31N3O/c1-16(2)13-20-19(23)15-21(3)14-17-7-9-18(10-8-17)22-11-5-4-6-12-22/h7-10,16H,4-6,11-15H2,1-3H3,(H,20,23). The van der Waals surface area contributed by atoms with Crippen molar-refractivity contribution in [2.75, 3.05) is 38.1 Å². The molecule has 0 atom stereocenters. The molecule has 1 saturated heterocycles. The number of hydrogen-bond acceptors (Lipinski definition) is 3. The predicted octanol–water partition coefficient (Wildman–Crippen LogP) is 2.88. The first-order valence-electron chi connectivity index (χ1n) is 8.83. The first-order chi connectivity index (χ1) is 11.0. The summed E-state index contributed by atoms with van der Waals surface area (Å²) in [7, 11) is 1.99. The SMILES string of the molecule is CC(C)CNC(=O)CN(C)Cc1ccc(N2CCCCC2)cc1. The van der Waals surface area contributed by atoms with Crippen LogP contribution in [0, 0.1) is 5.92 Å². The summed E-state index contributed by atoms with van der Waals surface area (Å²) in [6, 6.07) is 8.81. The fourth-order valence-electron chi connectivity index (χ4n) is 2.95. The lowest BCUT2D eigenvalue weighted by molar-refractivity contribution is -0.122. The van der Waals surface area contributed by atoms with Crippen molar-refractivity contribution in [3.05, 3.63) is 29.8 Å². The number of benzene rings is 1. The van der Waals surface area contributed by atoms with Crippen LogP contribution in [0.3, 0.4) is 0 Å². The van der Waals surface area contributed by atoms with E-state index in [1.54, 1.807) is 0 Å². The number of rotatable bonds is 7. The van der Waals surface area contributed by atoms with E-state index in [4.69, 9.17) is 0 Å². The summed E-state index contributed by atoms with van der Waals surface area (Å²) in [5.41, 5.74) is 2.58. The Hall–Kier alpha value is -1.55. The summed E-state index contributed by atoms with van der Waals surface area (Å²) in [4.78, 5) is 16.4. The van der Waals surface area contributed by atoms with Crippen LogP contribution in [0.1, 0.15) is 38.7 Å². The van der Waals surface area contributed by atoms with Gasteiger partial charge in [0.2, 0.25) is 5.91 Å². The molecule has 23 heavy (non-hydrogen) atoms. The van der Waals surface area contributed by atoms with Gasteiger partial charge in [-0.3, -0.25) is 9.69 Å². The average molecular weight is 317 g/mol. The summed E-state index contributed by atoms with van der Waals surface area (Å²) >= 11 is 0. The third kappa shape index (κ3) is 6.22. The first kappa shape index (κ1) is 17.8. The van der Waals surface area contributed by atoms with E-state index in [-0.39, 0.29) is 5.91 Å². The maximum atomic E-state index is 11.8. The van der Waals surface area contributed by atoms with Crippen molar-refractivity contribution in [3.63, 3.8) is 0 Å². The molecule has 1 aliphatic heterocycles. The molecule has 1 fully saturated rings. The monoisotopic (exact) mass is 317 g/mol. The number of carbonyl (C=O) groups excluding carboxylic acids is 1. The quantitative estimate of drug-likeness (QED) is 0.840. The molecular formula is C19H31N3O. The van der Waals surface area contributed by atoms with Crippen LogP contribution in [0.25, 0.3) is 0 Å². The van der Waals surface area contributed by atoms with Gasteiger partial charge in [0.25, 0.3) is 0 Å². The summed E-state index contributed by atoms with van der Waals surface area (Å²) in [5, 5.41) is 2.96. The van der Waals surface area contributed by atoms with Gasteiger partial charge in [-0.05, 0) is 49.9 Å². The zero-order valence-corrected chi connectivity index (χ0v) is 14.8. The predicted molar refractivity (Wildman–Crippen MR) is 96.7 cm³/mol. The maximum absolute atomic E-state index is 11.8. The number of hydrogen-bond donors (Lipinski definition) is 1. The molecule has 4 heteroatoms. The van der Waals surface area contributed by atoms with Crippen molar-refractivity contribution < 1.29 is 4.79 Å². The molecule has 0 radical (unpaired) electrons. The molecule has 1 aromatic rings. The van der Waals surface area contributed by atoms with Crippen LogP contribution >= 0.6 is 0 Å². The number of amides is 1. The van der Waals surface area contributed by atoms with Crippen molar-refractivity contribution in [1.82, 2.24) is 10.2 Å². The number of nitrogens with one attached hydrogen (secondary N) is 1. The minimum Gasteiger partial charge on any atom is -0.372 e. The summed E-state index contributed by atoms with van der Waals surface area (Å²) in [6.07, 6.45) is 3.96. The maximum Gasteiger partial charge on any atom is 0.234 e. The third-order valence-electron chi connectivity index (χ3n) is 4.23.